The van der Waals surface area contributed by atoms with Gasteiger partial charge in [-0.25, -0.2) is 0 Å². The molecule has 1 fully saturated rings. The molecule has 1 aliphatic carbocycles. The molecule has 2 aliphatic rings. The van der Waals surface area contributed by atoms with Gasteiger partial charge < -0.3 is 14.2 Å². The summed E-state index contributed by atoms with van der Waals surface area (Å²) < 4.78 is 16.2. The van der Waals surface area contributed by atoms with E-state index in [-0.39, 0.29) is 54.2 Å². The lowest BCUT2D eigenvalue weighted by Crippen LogP contribution is -2.39. The van der Waals surface area contributed by atoms with Crippen molar-refractivity contribution in [3.8, 4) is 0 Å². The van der Waals surface area contributed by atoms with Crippen molar-refractivity contribution in [2.45, 2.75) is 85.9 Å². The van der Waals surface area contributed by atoms with Gasteiger partial charge in [0.15, 0.2) is 11.6 Å². The number of rotatable bonds is 9. The van der Waals surface area contributed by atoms with Gasteiger partial charge in [-0.2, -0.15) is 0 Å². The SMILES string of the molecule is CC(C)C(=O)OCc1ccc2c(c1)C(=O)c1ccccc1C2=O.CC(C)CSSC(C)(C)C.COC1CSSCC1OC(=O)C(C)C. The Morgan fingerprint density at radius 3 is 1.85 bits per heavy atom. The number of esters is 2. The second-order valence-corrected chi connectivity index (χ2v) is 18.9. The lowest BCUT2D eigenvalue weighted by molar-refractivity contribution is -0.157. The van der Waals surface area contributed by atoms with Crippen LogP contribution in [0.4, 0.5) is 0 Å². The van der Waals surface area contributed by atoms with Gasteiger partial charge in [0, 0.05) is 51.4 Å². The van der Waals surface area contributed by atoms with E-state index in [4.69, 9.17) is 14.2 Å². The van der Waals surface area contributed by atoms with Crippen LogP contribution in [0.25, 0.3) is 0 Å². The first-order valence-corrected chi connectivity index (χ1v) is 20.6. The number of methoxy groups -OCH3 is 1. The fourth-order valence-corrected chi connectivity index (χ4v) is 9.22. The highest BCUT2D eigenvalue weighted by atomic mass is 33.1. The molecule has 0 aromatic heterocycles. The average Bonchev–Trinajstić information content (AvgIpc) is 3.02. The Morgan fingerprint density at radius 1 is 0.809 bits per heavy atom. The predicted molar refractivity (Wildman–Crippen MR) is 199 cm³/mol. The molecule has 47 heavy (non-hydrogen) atoms. The van der Waals surface area contributed by atoms with Gasteiger partial charge in [-0.1, -0.05) is 136 Å². The molecule has 1 heterocycles. The van der Waals surface area contributed by atoms with E-state index in [1.165, 1.54) is 5.75 Å². The Kier molecular flexibility index (Phi) is 17.5. The number of carbonyl (C=O) groups is 4. The maximum absolute atomic E-state index is 12.6. The number of carbonyl (C=O) groups excluding carboxylic acids is 4. The van der Waals surface area contributed by atoms with Gasteiger partial charge in [-0.15, -0.1) is 0 Å². The van der Waals surface area contributed by atoms with Crippen molar-refractivity contribution in [1.82, 2.24) is 0 Å². The highest BCUT2D eigenvalue weighted by Gasteiger charge is 2.30. The summed E-state index contributed by atoms with van der Waals surface area (Å²) in [5, 5.41) is 0. The van der Waals surface area contributed by atoms with E-state index in [0.717, 1.165) is 17.4 Å². The van der Waals surface area contributed by atoms with E-state index in [1.807, 2.05) is 35.4 Å². The summed E-state index contributed by atoms with van der Waals surface area (Å²) in [5.41, 5.74) is 2.31. The average molecular weight is 723 g/mol. The smallest absolute Gasteiger partial charge is 0.308 e. The van der Waals surface area contributed by atoms with Gasteiger partial charge in [-0.05, 0) is 23.6 Å². The number of benzene rings is 2. The molecule has 0 spiro atoms. The molecule has 2 aromatic carbocycles. The molecule has 260 valence electrons. The van der Waals surface area contributed by atoms with Crippen LogP contribution in [0.5, 0.6) is 0 Å². The number of ether oxygens (including phenoxy) is 3. The van der Waals surface area contributed by atoms with E-state index in [2.05, 4.69) is 34.6 Å². The Hall–Kier alpha value is -1.92. The van der Waals surface area contributed by atoms with Crippen LogP contribution in [0, 0.1) is 17.8 Å². The summed E-state index contributed by atoms with van der Waals surface area (Å²) in [6.45, 7) is 18.6. The van der Waals surface area contributed by atoms with Crippen molar-refractivity contribution in [2.24, 2.45) is 17.8 Å². The molecule has 11 heteroatoms. The van der Waals surface area contributed by atoms with Crippen LogP contribution in [-0.2, 0) is 30.4 Å². The monoisotopic (exact) mass is 722 g/mol. The van der Waals surface area contributed by atoms with Crippen LogP contribution in [0.3, 0.4) is 0 Å². The van der Waals surface area contributed by atoms with Gasteiger partial charge in [0.25, 0.3) is 0 Å². The van der Waals surface area contributed by atoms with Gasteiger partial charge in [0.1, 0.15) is 18.8 Å². The molecule has 0 bridgehead atoms. The first-order valence-electron chi connectivity index (χ1n) is 15.8. The quantitative estimate of drug-likeness (QED) is 0.156. The third-order valence-corrected chi connectivity index (χ3v) is 12.7. The Bertz CT molecular complexity index is 1350. The molecular formula is C36H50O7S4. The van der Waals surface area contributed by atoms with Crippen LogP contribution in [-0.4, -0.2) is 64.8 Å². The standard InChI is InChI=1S/C19H16O4.C9H16O3S2.C8H18S2/c1-11(2)19(22)23-10-12-7-8-15-16(9-12)18(21)14-6-4-3-5-13(14)17(15)20;1-6(2)9(10)12-8-5-14-13-4-7(8)11-3;1-7(2)6-9-10-8(3,4)5/h3-9,11H,10H2,1-2H3;6-8H,4-5H2,1-3H3;7H,6H2,1-5H3. The molecule has 2 unspecified atom stereocenters. The molecule has 4 rings (SSSR count). The second-order valence-electron chi connectivity index (χ2n) is 13.2. The first kappa shape index (κ1) is 41.3. The molecule has 0 saturated carbocycles. The molecule has 1 aliphatic heterocycles. The van der Waals surface area contributed by atoms with Crippen molar-refractivity contribution in [2.75, 3.05) is 24.4 Å². The fourth-order valence-electron chi connectivity index (χ4n) is 3.96. The van der Waals surface area contributed by atoms with Crippen LogP contribution in [0.1, 0.15) is 99.7 Å². The van der Waals surface area contributed by atoms with E-state index in [0.29, 0.717) is 32.6 Å². The molecule has 2 atom stereocenters. The molecule has 0 N–H and O–H groups in total. The van der Waals surface area contributed by atoms with Crippen molar-refractivity contribution >= 4 is 66.7 Å². The van der Waals surface area contributed by atoms with E-state index in [1.54, 1.807) is 85.0 Å². The van der Waals surface area contributed by atoms with Gasteiger partial charge in [0.05, 0.1) is 11.8 Å². The zero-order valence-electron chi connectivity index (χ0n) is 29.2. The van der Waals surface area contributed by atoms with Gasteiger partial charge >= 0.3 is 11.9 Å². The summed E-state index contributed by atoms with van der Waals surface area (Å²) in [5.74, 6) is 2.77. The summed E-state index contributed by atoms with van der Waals surface area (Å²) in [7, 11) is 9.13. The summed E-state index contributed by atoms with van der Waals surface area (Å²) >= 11 is 0. The third kappa shape index (κ3) is 13.8. The Morgan fingerprint density at radius 2 is 1.34 bits per heavy atom. The highest BCUT2D eigenvalue weighted by Crippen LogP contribution is 2.36. The van der Waals surface area contributed by atoms with Crippen molar-refractivity contribution < 1.29 is 33.4 Å². The van der Waals surface area contributed by atoms with Crippen molar-refractivity contribution in [3.05, 3.63) is 70.3 Å². The van der Waals surface area contributed by atoms with Crippen molar-refractivity contribution in [1.29, 1.82) is 0 Å². The topological polar surface area (TPSA) is 96.0 Å². The summed E-state index contributed by atoms with van der Waals surface area (Å²) in [6.07, 6.45) is -0.0369. The zero-order chi connectivity index (χ0) is 35.3. The minimum absolute atomic E-state index is 0.0453. The van der Waals surface area contributed by atoms with Gasteiger partial charge in [-0.3, -0.25) is 19.2 Å². The van der Waals surface area contributed by atoms with Crippen LogP contribution < -0.4 is 0 Å². The van der Waals surface area contributed by atoms with Crippen LogP contribution in [0.15, 0.2) is 42.5 Å². The second kappa shape index (κ2) is 19.9. The molecular weight excluding hydrogens is 673 g/mol. The zero-order valence-corrected chi connectivity index (χ0v) is 32.5. The molecule has 0 radical (unpaired) electrons. The van der Waals surface area contributed by atoms with E-state index >= 15 is 0 Å². The summed E-state index contributed by atoms with van der Waals surface area (Å²) in [4.78, 5) is 48.0. The number of hydrogen-bond donors (Lipinski definition) is 0. The third-order valence-electron chi connectivity index (χ3n) is 6.56. The fraction of sp³-hybridized carbons (Fsp3) is 0.556. The van der Waals surface area contributed by atoms with Crippen LogP contribution in [0.2, 0.25) is 0 Å². The molecule has 2 aromatic rings. The number of ketones is 2. The van der Waals surface area contributed by atoms with E-state index in [9.17, 15) is 19.2 Å². The lowest BCUT2D eigenvalue weighted by Gasteiger charge is -2.29. The largest absolute Gasteiger partial charge is 0.461 e. The molecule has 0 amide bonds. The first-order chi connectivity index (χ1) is 22.0. The minimum Gasteiger partial charge on any atom is -0.461 e. The lowest BCUT2D eigenvalue weighted by atomic mass is 9.83. The van der Waals surface area contributed by atoms with Crippen molar-refractivity contribution in [3.63, 3.8) is 0 Å². The normalized spacial score (nSPS) is 17.2. The van der Waals surface area contributed by atoms with Gasteiger partial charge in [0.2, 0.25) is 0 Å². The Labute approximate surface area is 297 Å². The number of hydrogen-bond acceptors (Lipinski definition) is 11. The van der Waals surface area contributed by atoms with Crippen LogP contribution >= 0.6 is 43.2 Å². The minimum atomic E-state index is -0.296. The number of fused-ring (bicyclic) bond motifs is 2. The Balaban J connectivity index is 0.000000273. The summed E-state index contributed by atoms with van der Waals surface area (Å²) in [6, 6.07) is 11.8. The maximum Gasteiger partial charge on any atom is 0.308 e. The van der Waals surface area contributed by atoms with E-state index < -0.39 is 0 Å². The molecule has 1 saturated heterocycles. The predicted octanol–water partition coefficient (Wildman–Crippen LogP) is 8.95. The maximum atomic E-state index is 12.6. The highest BCUT2D eigenvalue weighted by molar-refractivity contribution is 8.77. The molecule has 7 nitrogen and oxygen atoms in total.